The number of carboxylic acid groups (broad SMARTS) is 1. The van der Waals surface area contributed by atoms with Gasteiger partial charge < -0.3 is 9.84 Å². The number of rotatable bonds is 1. The number of carboxylic acids is 1. The van der Waals surface area contributed by atoms with Crippen molar-refractivity contribution in [3.63, 3.8) is 0 Å². The van der Waals surface area contributed by atoms with E-state index in [1.165, 1.54) is 0 Å². The number of ether oxygens (including phenoxy) is 1. The van der Waals surface area contributed by atoms with Gasteiger partial charge in [-0.15, -0.1) is 0 Å². The van der Waals surface area contributed by atoms with Gasteiger partial charge in [0.1, 0.15) is 17.1 Å². The van der Waals surface area contributed by atoms with Crippen molar-refractivity contribution in [2.24, 2.45) is 0 Å². The summed E-state index contributed by atoms with van der Waals surface area (Å²) in [5.74, 6) is -0.351. The number of aromatic amines is 1. The summed E-state index contributed by atoms with van der Waals surface area (Å²) in [4.78, 5) is 11.1. The predicted molar refractivity (Wildman–Crippen MR) is 65.2 cm³/mol. The van der Waals surface area contributed by atoms with Crippen molar-refractivity contribution in [1.82, 2.24) is 10.2 Å². The molecule has 6 heteroatoms. The van der Waals surface area contributed by atoms with Crippen LogP contribution in [0, 0.1) is 0 Å². The number of carbonyl (C=O) groups is 1. The minimum absolute atomic E-state index is 0.112. The van der Waals surface area contributed by atoms with Crippen molar-refractivity contribution >= 4 is 17.6 Å². The van der Waals surface area contributed by atoms with Gasteiger partial charge in [-0.25, -0.2) is 4.79 Å². The van der Waals surface area contributed by atoms with Crippen molar-refractivity contribution in [2.75, 3.05) is 6.61 Å². The number of aromatic nitrogens is 2. The summed E-state index contributed by atoms with van der Waals surface area (Å²) in [6.45, 7) is 0.418. The molecule has 1 aliphatic heterocycles. The van der Waals surface area contributed by atoms with Gasteiger partial charge in [-0.2, -0.15) is 5.10 Å². The molecule has 18 heavy (non-hydrogen) atoms. The summed E-state index contributed by atoms with van der Waals surface area (Å²) >= 11 is 5.96. The normalized spacial score (nSPS) is 13.2. The summed E-state index contributed by atoms with van der Waals surface area (Å²) in [7, 11) is 0. The van der Waals surface area contributed by atoms with E-state index in [1.807, 2.05) is 0 Å². The van der Waals surface area contributed by atoms with Crippen LogP contribution in [0.5, 0.6) is 5.75 Å². The van der Waals surface area contributed by atoms with Crippen LogP contribution in [0.3, 0.4) is 0 Å². The molecule has 5 nitrogen and oxygen atoms in total. The molecule has 1 aliphatic rings. The van der Waals surface area contributed by atoms with Crippen LogP contribution in [-0.2, 0) is 6.42 Å². The van der Waals surface area contributed by atoms with Gasteiger partial charge in [0.15, 0.2) is 0 Å². The minimum Gasteiger partial charge on any atom is -0.493 e. The van der Waals surface area contributed by atoms with Gasteiger partial charge in [0.2, 0.25) is 0 Å². The third kappa shape index (κ3) is 1.64. The first kappa shape index (κ1) is 11.1. The van der Waals surface area contributed by atoms with E-state index in [9.17, 15) is 4.79 Å². The smallest absolute Gasteiger partial charge is 0.354 e. The highest BCUT2D eigenvalue weighted by molar-refractivity contribution is 6.31. The van der Waals surface area contributed by atoms with Crippen LogP contribution in [0.1, 0.15) is 16.1 Å². The highest BCUT2D eigenvalue weighted by Crippen LogP contribution is 2.36. The van der Waals surface area contributed by atoms with Gasteiger partial charge in [0, 0.05) is 22.6 Å². The third-order valence-corrected chi connectivity index (χ3v) is 3.12. The Balaban J connectivity index is 2.25. The Morgan fingerprint density at radius 3 is 3.11 bits per heavy atom. The zero-order chi connectivity index (χ0) is 12.7. The van der Waals surface area contributed by atoms with Crippen LogP contribution in [0.15, 0.2) is 18.2 Å². The highest BCUT2D eigenvalue weighted by atomic mass is 35.5. The topological polar surface area (TPSA) is 75.2 Å². The second-order valence-electron chi connectivity index (χ2n) is 3.97. The molecule has 0 saturated carbocycles. The van der Waals surface area contributed by atoms with E-state index in [2.05, 4.69) is 10.2 Å². The SMILES string of the molecule is O=C(O)c1[nH]nc2c1CCOc1ccc(Cl)cc1-2. The number of hydrogen-bond donors (Lipinski definition) is 2. The summed E-state index contributed by atoms with van der Waals surface area (Å²) in [6, 6.07) is 5.23. The Morgan fingerprint density at radius 1 is 1.50 bits per heavy atom. The van der Waals surface area contributed by atoms with E-state index in [0.29, 0.717) is 35.1 Å². The maximum Gasteiger partial charge on any atom is 0.354 e. The molecular formula is C12H9ClN2O3. The van der Waals surface area contributed by atoms with Gasteiger partial charge in [0.25, 0.3) is 0 Å². The number of nitrogens with zero attached hydrogens (tertiary/aromatic N) is 1. The molecule has 2 heterocycles. The van der Waals surface area contributed by atoms with Crippen LogP contribution in [0.2, 0.25) is 5.02 Å². The monoisotopic (exact) mass is 264 g/mol. The number of halogens is 1. The van der Waals surface area contributed by atoms with Gasteiger partial charge in [-0.05, 0) is 18.2 Å². The van der Waals surface area contributed by atoms with Crippen molar-refractivity contribution in [1.29, 1.82) is 0 Å². The van der Waals surface area contributed by atoms with Gasteiger partial charge in [0.05, 0.1) is 6.61 Å². The lowest BCUT2D eigenvalue weighted by atomic mass is 10.0. The number of nitrogens with one attached hydrogen (secondary N) is 1. The molecule has 0 amide bonds. The van der Waals surface area contributed by atoms with E-state index in [4.69, 9.17) is 21.4 Å². The number of aromatic carboxylic acids is 1. The summed E-state index contributed by atoms with van der Waals surface area (Å²) < 4.78 is 5.57. The Bertz CT molecular complexity index is 636. The first-order valence-electron chi connectivity index (χ1n) is 5.40. The largest absolute Gasteiger partial charge is 0.493 e. The molecule has 0 spiro atoms. The molecule has 92 valence electrons. The maximum absolute atomic E-state index is 11.1. The minimum atomic E-state index is -1.02. The molecule has 3 rings (SSSR count). The molecule has 0 saturated heterocycles. The lowest BCUT2D eigenvalue weighted by Gasteiger charge is -2.06. The molecule has 0 fully saturated rings. The lowest BCUT2D eigenvalue weighted by Crippen LogP contribution is -2.05. The van der Waals surface area contributed by atoms with Crippen LogP contribution in [0.4, 0.5) is 0 Å². The molecule has 0 bridgehead atoms. The zero-order valence-corrected chi connectivity index (χ0v) is 9.99. The Kier molecular flexibility index (Phi) is 2.48. The average Bonchev–Trinajstić information content (AvgIpc) is 2.67. The van der Waals surface area contributed by atoms with Crippen molar-refractivity contribution in [3.05, 3.63) is 34.5 Å². The molecule has 0 atom stereocenters. The standard InChI is InChI=1S/C12H9ClN2O3/c13-6-1-2-9-8(5-6)10-7(3-4-18-9)11(12(16)17)15-14-10/h1-2,5H,3-4H2,(H,14,15)(H,16,17). The average molecular weight is 265 g/mol. The molecule has 0 radical (unpaired) electrons. The molecular weight excluding hydrogens is 256 g/mol. The molecule has 2 N–H and O–H groups in total. The van der Waals surface area contributed by atoms with Gasteiger partial charge >= 0.3 is 5.97 Å². The van der Waals surface area contributed by atoms with Crippen molar-refractivity contribution in [2.45, 2.75) is 6.42 Å². The quantitative estimate of drug-likeness (QED) is 0.829. The zero-order valence-electron chi connectivity index (χ0n) is 9.24. The van der Waals surface area contributed by atoms with E-state index in [-0.39, 0.29) is 5.69 Å². The Labute approximate surface area is 107 Å². The maximum atomic E-state index is 11.1. The molecule has 0 aliphatic carbocycles. The summed E-state index contributed by atoms with van der Waals surface area (Å²) in [5, 5.41) is 16.3. The van der Waals surface area contributed by atoms with Crippen molar-refractivity contribution in [3.8, 4) is 17.0 Å². The van der Waals surface area contributed by atoms with Gasteiger partial charge in [-0.1, -0.05) is 11.6 Å². The second-order valence-corrected chi connectivity index (χ2v) is 4.41. The van der Waals surface area contributed by atoms with Crippen LogP contribution >= 0.6 is 11.6 Å². The Hall–Kier alpha value is -2.01. The predicted octanol–water partition coefficient (Wildman–Crippen LogP) is 2.36. The third-order valence-electron chi connectivity index (χ3n) is 2.89. The van der Waals surface area contributed by atoms with E-state index < -0.39 is 5.97 Å². The summed E-state index contributed by atoms with van der Waals surface area (Å²) in [5.41, 5.74) is 2.09. The Morgan fingerprint density at radius 2 is 2.33 bits per heavy atom. The number of benzene rings is 1. The molecule has 2 aromatic rings. The fourth-order valence-electron chi connectivity index (χ4n) is 2.08. The molecule has 1 aromatic heterocycles. The van der Waals surface area contributed by atoms with E-state index in [0.717, 1.165) is 5.56 Å². The first-order chi connectivity index (χ1) is 8.66. The lowest BCUT2D eigenvalue weighted by molar-refractivity contribution is 0.0689. The van der Waals surface area contributed by atoms with Crippen molar-refractivity contribution < 1.29 is 14.6 Å². The number of H-pyrrole nitrogens is 1. The van der Waals surface area contributed by atoms with Gasteiger partial charge in [-0.3, -0.25) is 5.10 Å². The fourth-order valence-corrected chi connectivity index (χ4v) is 2.26. The number of hydrogen-bond acceptors (Lipinski definition) is 3. The molecule has 0 unspecified atom stereocenters. The fraction of sp³-hybridized carbons (Fsp3) is 0.167. The van der Waals surface area contributed by atoms with E-state index in [1.54, 1.807) is 18.2 Å². The van der Waals surface area contributed by atoms with Crippen LogP contribution < -0.4 is 4.74 Å². The first-order valence-corrected chi connectivity index (χ1v) is 5.78. The second kappa shape index (κ2) is 4.03. The van der Waals surface area contributed by atoms with Crippen LogP contribution in [0.25, 0.3) is 11.3 Å². The highest BCUT2D eigenvalue weighted by Gasteiger charge is 2.24. The number of fused-ring (bicyclic) bond motifs is 3. The molecule has 1 aromatic carbocycles. The van der Waals surface area contributed by atoms with E-state index >= 15 is 0 Å². The summed E-state index contributed by atoms with van der Waals surface area (Å²) in [6.07, 6.45) is 0.500. The van der Waals surface area contributed by atoms with Crippen LogP contribution in [-0.4, -0.2) is 27.9 Å².